The molecule has 7 nitrogen and oxygen atoms in total. The van der Waals surface area contributed by atoms with Crippen molar-refractivity contribution in [3.8, 4) is 0 Å². The minimum atomic E-state index is -1.12. The zero-order valence-electron chi connectivity index (χ0n) is 23.4. The van der Waals surface area contributed by atoms with Gasteiger partial charge in [-0.2, -0.15) is 0 Å². The molecular weight excluding hydrogens is 482 g/mol. The maximum absolute atomic E-state index is 12.2. The molecule has 0 radical (unpaired) electrons. The van der Waals surface area contributed by atoms with E-state index in [1.165, 1.54) is 7.05 Å². The smallest absolute Gasteiger partial charge is 0.338 e. The van der Waals surface area contributed by atoms with Gasteiger partial charge in [-0.05, 0) is 57.3 Å². The number of ether oxygens (including phenoxy) is 1. The molecule has 1 N–H and O–H groups in total. The second-order valence-corrected chi connectivity index (χ2v) is 9.16. The molecule has 0 aliphatic rings. The lowest BCUT2D eigenvalue weighted by Crippen LogP contribution is -2.42. The molecule has 0 fully saturated rings. The van der Waals surface area contributed by atoms with Crippen molar-refractivity contribution in [1.29, 1.82) is 0 Å². The Morgan fingerprint density at radius 1 is 0.789 bits per heavy atom. The average molecular weight is 528 g/mol. The van der Waals surface area contributed by atoms with E-state index >= 15 is 0 Å². The van der Waals surface area contributed by atoms with Gasteiger partial charge in [0.2, 0.25) is 5.91 Å². The number of hydrogen-bond donors (Lipinski definition) is 1. The van der Waals surface area contributed by atoms with Crippen molar-refractivity contribution in [2.45, 2.75) is 84.6 Å². The molecule has 0 heterocycles. The number of unbranched alkanes of at least 4 members (excludes halogenated alkanes) is 1. The van der Waals surface area contributed by atoms with E-state index in [9.17, 15) is 24.3 Å². The van der Waals surface area contributed by atoms with Crippen molar-refractivity contribution in [3.05, 3.63) is 72.9 Å². The SMILES string of the molecule is CC/C=C\C/C=C\C/C=C\C/C=C\C/C=C\CCCC(=O)OC(=O)/C=C/C(=O)N(C)[C@@H](CC(C)C)C(=O)O. The van der Waals surface area contributed by atoms with Gasteiger partial charge >= 0.3 is 17.9 Å². The highest BCUT2D eigenvalue weighted by atomic mass is 16.6. The van der Waals surface area contributed by atoms with Crippen molar-refractivity contribution in [2.75, 3.05) is 7.05 Å². The van der Waals surface area contributed by atoms with E-state index in [0.29, 0.717) is 12.8 Å². The van der Waals surface area contributed by atoms with Gasteiger partial charge in [-0.1, -0.05) is 81.5 Å². The maximum Gasteiger partial charge on any atom is 0.338 e. The van der Waals surface area contributed by atoms with Gasteiger partial charge in [0, 0.05) is 25.6 Å². The number of esters is 2. The first kappa shape index (κ1) is 34.5. The van der Waals surface area contributed by atoms with Crippen LogP contribution in [0.5, 0.6) is 0 Å². The molecular formula is C31H45NO6. The van der Waals surface area contributed by atoms with Gasteiger partial charge in [0.05, 0.1) is 0 Å². The Morgan fingerprint density at radius 3 is 1.76 bits per heavy atom. The van der Waals surface area contributed by atoms with Crippen LogP contribution in [0.4, 0.5) is 0 Å². The fourth-order valence-corrected chi connectivity index (χ4v) is 3.21. The third-order valence-electron chi connectivity index (χ3n) is 5.28. The largest absolute Gasteiger partial charge is 0.480 e. The van der Waals surface area contributed by atoms with Crippen LogP contribution in [-0.4, -0.2) is 46.9 Å². The van der Waals surface area contributed by atoms with Crippen LogP contribution in [0.1, 0.15) is 78.6 Å². The Labute approximate surface area is 228 Å². The standard InChI is InChI=1S/C31H45NO6/c1-5-6-7-8-9-10-11-12-13-14-15-16-17-18-19-20-21-22-29(34)38-30(35)24-23-28(33)32(4)27(31(36)37)25-26(2)3/h6-7,9-10,12-13,15-16,18-19,23-24,26-27H,5,8,11,14,17,20-22,25H2,1-4H3,(H,36,37)/b7-6-,10-9-,13-12-,16-15-,19-18-,24-23+/t27-/m0/s1. The average Bonchev–Trinajstić information content (AvgIpc) is 2.86. The number of rotatable bonds is 19. The Kier molecular flexibility index (Phi) is 20.6. The molecule has 0 aromatic rings. The number of aliphatic carboxylic acids is 1. The molecule has 0 aromatic carbocycles. The summed E-state index contributed by atoms with van der Waals surface area (Å²) in [6.45, 7) is 5.84. The molecule has 0 aliphatic carbocycles. The van der Waals surface area contributed by atoms with Crippen LogP contribution in [-0.2, 0) is 23.9 Å². The van der Waals surface area contributed by atoms with E-state index in [0.717, 1.165) is 49.2 Å². The van der Waals surface area contributed by atoms with Crippen molar-refractivity contribution in [3.63, 3.8) is 0 Å². The summed E-state index contributed by atoms with van der Waals surface area (Å²) in [6, 6.07) is -0.999. The second kappa shape index (κ2) is 22.7. The number of allylic oxidation sites excluding steroid dienone is 10. The molecule has 0 saturated heterocycles. The predicted octanol–water partition coefficient (Wildman–Crippen LogP) is 6.49. The van der Waals surface area contributed by atoms with Gasteiger partial charge in [-0.25, -0.2) is 9.59 Å². The van der Waals surface area contributed by atoms with Crippen LogP contribution in [0.3, 0.4) is 0 Å². The summed E-state index contributed by atoms with van der Waals surface area (Å²) in [4.78, 5) is 48.2. The topological polar surface area (TPSA) is 101 Å². The summed E-state index contributed by atoms with van der Waals surface area (Å²) in [5.41, 5.74) is 0. The molecule has 0 aromatic heterocycles. The zero-order valence-corrected chi connectivity index (χ0v) is 23.4. The third-order valence-corrected chi connectivity index (χ3v) is 5.28. The number of likely N-dealkylation sites (N-methyl/N-ethyl adjacent to an activating group) is 1. The molecule has 0 saturated carbocycles. The number of carboxylic acid groups (broad SMARTS) is 1. The Balaban J connectivity index is 4.09. The van der Waals surface area contributed by atoms with Crippen molar-refractivity contribution < 1.29 is 29.0 Å². The first-order chi connectivity index (χ1) is 18.2. The maximum atomic E-state index is 12.2. The van der Waals surface area contributed by atoms with Crippen molar-refractivity contribution >= 4 is 23.8 Å². The van der Waals surface area contributed by atoms with Crippen LogP contribution < -0.4 is 0 Å². The summed E-state index contributed by atoms with van der Waals surface area (Å²) in [7, 11) is 1.36. The number of amides is 1. The van der Waals surface area contributed by atoms with Crippen LogP contribution >= 0.6 is 0 Å². The van der Waals surface area contributed by atoms with Gasteiger partial charge in [0.15, 0.2) is 0 Å². The van der Waals surface area contributed by atoms with Gasteiger partial charge in [0.25, 0.3) is 0 Å². The molecule has 0 bridgehead atoms. The quantitative estimate of drug-likeness (QED) is 0.0677. The Morgan fingerprint density at radius 2 is 1.29 bits per heavy atom. The normalized spacial score (nSPS) is 13.2. The highest BCUT2D eigenvalue weighted by molar-refractivity contribution is 5.98. The first-order valence-electron chi connectivity index (χ1n) is 13.4. The van der Waals surface area contributed by atoms with Gasteiger partial charge in [-0.3, -0.25) is 9.59 Å². The highest BCUT2D eigenvalue weighted by Gasteiger charge is 2.26. The van der Waals surface area contributed by atoms with Crippen molar-refractivity contribution in [2.24, 2.45) is 5.92 Å². The van der Waals surface area contributed by atoms with Crippen LogP contribution in [0.25, 0.3) is 0 Å². The summed E-state index contributed by atoms with van der Waals surface area (Å²) in [5, 5.41) is 9.31. The molecule has 0 rings (SSSR count). The minimum Gasteiger partial charge on any atom is -0.480 e. The van der Waals surface area contributed by atoms with E-state index in [1.54, 1.807) is 0 Å². The summed E-state index contributed by atoms with van der Waals surface area (Å²) < 4.78 is 4.68. The molecule has 1 amide bonds. The monoisotopic (exact) mass is 527 g/mol. The number of carbonyl (C=O) groups excluding carboxylic acids is 3. The van der Waals surface area contributed by atoms with Crippen molar-refractivity contribution in [1.82, 2.24) is 4.90 Å². The molecule has 0 aliphatic heterocycles. The number of carbonyl (C=O) groups is 4. The summed E-state index contributed by atoms with van der Waals surface area (Å²) in [5.74, 6) is -3.32. The molecule has 0 unspecified atom stereocenters. The van der Waals surface area contributed by atoms with E-state index in [2.05, 4.69) is 60.3 Å². The van der Waals surface area contributed by atoms with E-state index in [4.69, 9.17) is 0 Å². The lowest BCUT2D eigenvalue weighted by molar-refractivity contribution is -0.156. The molecule has 38 heavy (non-hydrogen) atoms. The number of carboxylic acids is 1. The summed E-state index contributed by atoms with van der Waals surface area (Å²) in [6.07, 6.45) is 29.2. The third kappa shape index (κ3) is 19.7. The first-order valence-corrected chi connectivity index (χ1v) is 13.4. The molecule has 7 heteroatoms. The highest BCUT2D eigenvalue weighted by Crippen LogP contribution is 2.11. The second-order valence-electron chi connectivity index (χ2n) is 9.16. The van der Waals surface area contributed by atoms with E-state index < -0.39 is 29.9 Å². The molecule has 0 spiro atoms. The fourth-order valence-electron chi connectivity index (χ4n) is 3.21. The molecule has 1 atom stereocenters. The molecule has 210 valence electrons. The fraction of sp³-hybridized carbons (Fsp3) is 0.484. The van der Waals surface area contributed by atoms with Gasteiger partial charge < -0.3 is 14.7 Å². The van der Waals surface area contributed by atoms with Gasteiger partial charge in [-0.15, -0.1) is 0 Å². The number of nitrogens with zero attached hydrogens (tertiary/aromatic N) is 1. The van der Waals surface area contributed by atoms with E-state index in [1.807, 2.05) is 26.0 Å². The summed E-state index contributed by atoms with van der Waals surface area (Å²) >= 11 is 0. The Bertz CT molecular complexity index is 892. The Hall–Kier alpha value is -3.48. The zero-order chi connectivity index (χ0) is 28.6. The lowest BCUT2D eigenvalue weighted by atomic mass is 10.0. The minimum absolute atomic E-state index is 0.0764. The van der Waals surface area contributed by atoms with Crippen LogP contribution in [0.15, 0.2) is 72.9 Å². The van der Waals surface area contributed by atoms with Gasteiger partial charge in [0.1, 0.15) is 6.04 Å². The predicted molar refractivity (Wildman–Crippen MR) is 152 cm³/mol. The number of hydrogen-bond acceptors (Lipinski definition) is 5. The van der Waals surface area contributed by atoms with Crippen LogP contribution in [0, 0.1) is 5.92 Å². The van der Waals surface area contributed by atoms with Crippen LogP contribution in [0.2, 0.25) is 0 Å². The lowest BCUT2D eigenvalue weighted by Gasteiger charge is -2.25. The van der Waals surface area contributed by atoms with E-state index in [-0.39, 0.29) is 18.8 Å².